The molecule has 0 fully saturated rings. The van der Waals surface area contributed by atoms with Gasteiger partial charge < -0.3 is 14.8 Å². The van der Waals surface area contributed by atoms with Gasteiger partial charge in [0.05, 0.1) is 30.6 Å². The zero-order valence-corrected chi connectivity index (χ0v) is 15.9. The van der Waals surface area contributed by atoms with Gasteiger partial charge in [0.15, 0.2) is 11.5 Å². The van der Waals surface area contributed by atoms with Crippen LogP contribution in [0.25, 0.3) is 5.69 Å². The molecule has 0 atom stereocenters. The van der Waals surface area contributed by atoms with Crippen LogP contribution in [-0.4, -0.2) is 35.9 Å². The molecule has 0 saturated carbocycles. The van der Waals surface area contributed by atoms with Crippen LogP contribution >= 0.6 is 11.6 Å². The van der Waals surface area contributed by atoms with Gasteiger partial charge in [0.2, 0.25) is 0 Å². The maximum Gasteiger partial charge on any atom is 0.256 e. The number of benzene rings is 2. The Balaban J connectivity index is 1.63. The Morgan fingerprint density at radius 3 is 2.48 bits per heavy atom. The van der Waals surface area contributed by atoms with Crippen molar-refractivity contribution in [3.05, 3.63) is 71.0 Å². The van der Waals surface area contributed by atoms with Gasteiger partial charge in [-0.15, -0.1) is 0 Å². The molecule has 0 radical (unpaired) electrons. The monoisotopic (exact) mass is 385 g/mol. The summed E-state index contributed by atoms with van der Waals surface area (Å²) in [6.45, 7) is 2.38. The van der Waals surface area contributed by atoms with Crippen molar-refractivity contribution in [2.75, 3.05) is 20.3 Å². The number of hydrogen-bond donors (Lipinski definition) is 1. The molecular formula is C20H20ClN3O3. The van der Waals surface area contributed by atoms with Gasteiger partial charge in [-0.2, -0.15) is 5.10 Å². The Bertz CT molecular complexity index is 925. The predicted octanol–water partition coefficient (Wildman–Crippen LogP) is 3.65. The van der Waals surface area contributed by atoms with Gasteiger partial charge in [0, 0.05) is 0 Å². The Labute approximate surface area is 162 Å². The van der Waals surface area contributed by atoms with E-state index in [4.69, 9.17) is 21.1 Å². The van der Waals surface area contributed by atoms with Crippen molar-refractivity contribution in [3.8, 4) is 17.2 Å². The lowest BCUT2D eigenvalue weighted by Crippen LogP contribution is -2.28. The molecule has 0 aliphatic carbocycles. The Morgan fingerprint density at radius 1 is 1.11 bits per heavy atom. The van der Waals surface area contributed by atoms with E-state index in [9.17, 15) is 4.79 Å². The van der Waals surface area contributed by atoms with Gasteiger partial charge >= 0.3 is 0 Å². The molecular weight excluding hydrogens is 366 g/mol. The van der Waals surface area contributed by atoms with E-state index in [1.54, 1.807) is 18.7 Å². The first-order valence-corrected chi connectivity index (χ1v) is 8.84. The molecule has 0 unspecified atom stereocenters. The molecule has 3 aromatic rings. The predicted molar refractivity (Wildman–Crippen MR) is 104 cm³/mol. The number of aryl methyl sites for hydroxylation is 1. The number of amides is 1. The first-order valence-electron chi connectivity index (χ1n) is 8.46. The maximum absolute atomic E-state index is 12.5. The second-order valence-electron chi connectivity index (χ2n) is 5.75. The quantitative estimate of drug-likeness (QED) is 0.630. The molecule has 0 spiro atoms. The highest BCUT2D eigenvalue weighted by atomic mass is 35.5. The van der Waals surface area contributed by atoms with E-state index in [2.05, 4.69) is 10.4 Å². The number of ether oxygens (including phenoxy) is 2. The minimum absolute atomic E-state index is 0.279. The average molecular weight is 386 g/mol. The highest BCUT2D eigenvalue weighted by Crippen LogP contribution is 2.26. The third-order valence-corrected chi connectivity index (χ3v) is 4.30. The third-order valence-electron chi connectivity index (χ3n) is 3.95. The van der Waals surface area contributed by atoms with Gasteiger partial charge in [0.25, 0.3) is 5.91 Å². The van der Waals surface area contributed by atoms with Crippen LogP contribution in [0.15, 0.2) is 54.6 Å². The lowest BCUT2D eigenvalue weighted by atomic mass is 10.2. The van der Waals surface area contributed by atoms with E-state index in [1.807, 2.05) is 54.6 Å². The minimum atomic E-state index is -0.289. The maximum atomic E-state index is 12.5. The van der Waals surface area contributed by atoms with Crippen LogP contribution in [0.3, 0.4) is 0 Å². The molecule has 7 heteroatoms. The van der Waals surface area contributed by atoms with Crippen LogP contribution in [-0.2, 0) is 0 Å². The van der Waals surface area contributed by atoms with E-state index < -0.39 is 0 Å². The lowest BCUT2D eigenvalue weighted by Gasteiger charge is -2.11. The number of para-hydroxylation sites is 3. The molecule has 2 aromatic carbocycles. The van der Waals surface area contributed by atoms with E-state index in [0.717, 1.165) is 5.69 Å². The third kappa shape index (κ3) is 4.23. The van der Waals surface area contributed by atoms with E-state index in [-0.39, 0.29) is 11.1 Å². The number of carbonyl (C=O) groups is 1. The molecule has 27 heavy (non-hydrogen) atoms. The van der Waals surface area contributed by atoms with Gasteiger partial charge in [-0.1, -0.05) is 41.9 Å². The van der Waals surface area contributed by atoms with Gasteiger partial charge in [-0.25, -0.2) is 4.68 Å². The van der Waals surface area contributed by atoms with Crippen molar-refractivity contribution in [2.24, 2.45) is 0 Å². The van der Waals surface area contributed by atoms with Crippen molar-refractivity contribution < 1.29 is 14.3 Å². The van der Waals surface area contributed by atoms with E-state index in [1.165, 1.54) is 0 Å². The van der Waals surface area contributed by atoms with Crippen LogP contribution in [0.2, 0.25) is 5.15 Å². The van der Waals surface area contributed by atoms with Crippen LogP contribution in [0.1, 0.15) is 16.1 Å². The first-order chi connectivity index (χ1) is 13.1. The summed E-state index contributed by atoms with van der Waals surface area (Å²) in [5, 5.41) is 7.47. The Hall–Kier alpha value is -2.99. The molecule has 1 aromatic heterocycles. The molecule has 0 bridgehead atoms. The standard InChI is InChI=1S/C20H20ClN3O3/c1-14-18(19(21)24(23-14)15-8-4-3-5-9-15)20(25)22-12-13-27-17-11-7-6-10-16(17)26-2/h3-11H,12-13H2,1-2H3,(H,22,25). The van der Waals surface area contributed by atoms with Crippen LogP contribution in [0.5, 0.6) is 11.5 Å². The molecule has 1 heterocycles. The van der Waals surface area contributed by atoms with E-state index in [0.29, 0.717) is 35.9 Å². The molecule has 6 nitrogen and oxygen atoms in total. The molecule has 3 rings (SSSR count). The molecule has 1 amide bonds. The Kier molecular flexibility index (Phi) is 5.98. The smallest absolute Gasteiger partial charge is 0.256 e. The number of rotatable bonds is 7. The lowest BCUT2D eigenvalue weighted by molar-refractivity contribution is 0.0946. The summed E-state index contributed by atoms with van der Waals surface area (Å²) in [6.07, 6.45) is 0. The Morgan fingerprint density at radius 2 is 1.78 bits per heavy atom. The molecule has 1 N–H and O–H groups in total. The SMILES string of the molecule is COc1ccccc1OCCNC(=O)c1c(C)nn(-c2ccccc2)c1Cl. The van der Waals surface area contributed by atoms with Crippen LogP contribution < -0.4 is 14.8 Å². The normalized spacial score (nSPS) is 10.5. The largest absolute Gasteiger partial charge is 0.493 e. The molecule has 140 valence electrons. The summed E-state index contributed by atoms with van der Waals surface area (Å²) < 4.78 is 12.4. The van der Waals surface area contributed by atoms with Crippen molar-refractivity contribution in [2.45, 2.75) is 6.92 Å². The summed E-state index contributed by atoms with van der Waals surface area (Å²) in [4.78, 5) is 12.5. The summed E-state index contributed by atoms with van der Waals surface area (Å²) in [5.41, 5.74) is 1.72. The first kappa shape index (κ1) is 18.8. The molecule has 0 aliphatic rings. The summed E-state index contributed by atoms with van der Waals surface area (Å²) in [5.74, 6) is 0.982. The number of carbonyl (C=O) groups excluding carboxylic acids is 1. The topological polar surface area (TPSA) is 65.4 Å². The number of methoxy groups -OCH3 is 1. The van der Waals surface area contributed by atoms with E-state index >= 15 is 0 Å². The summed E-state index contributed by atoms with van der Waals surface area (Å²) in [7, 11) is 1.58. The summed E-state index contributed by atoms with van der Waals surface area (Å²) in [6, 6.07) is 16.8. The van der Waals surface area contributed by atoms with Crippen molar-refractivity contribution in [1.82, 2.24) is 15.1 Å². The zero-order chi connectivity index (χ0) is 19.2. The number of nitrogens with zero attached hydrogens (tertiary/aromatic N) is 2. The van der Waals surface area contributed by atoms with Gasteiger partial charge in [-0.05, 0) is 31.2 Å². The van der Waals surface area contributed by atoms with Crippen LogP contribution in [0.4, 0.5) is 0 Å². The van der Waals surface area contributed by atoms with Crippen LogP contribution in [0, 0.1) is 6.92 Å². The summed E-state index contributed by atoms with van der Waals surface area (Å²) >= 11 is 6.40. The number of aromatic nitrogens is 2. The minimum Gasteiger partial charge on any atom is -0.493 e. The average Bonchev–Trinajstić information content (AvgIpc) is 3.00. The number of hydrogen-bond acceptors (Lipinski definition) is 4. The second-order valence-corrected chi connectivity index (χ2v) is 6.11. The fourth-order valence-corrected chi connectivity index (χ4v) is 3.01. The number of nitrogens with one attached hydrogen (secondary N) is 1. The second kappa shape index (κ2) is 8.60. The van der Waals surface area contributed by atoms with Crippen molar-refractivity contribution in [1.29, 1.82) is 0 Å². The van der Waals surface area contributed by atoms with Gasteiger partial charge in [-0.3, -0.25) is 4.79 Å². The zero-order valence-electron chi connectivity index (χ0n) is 15.1. The fraction of sp³-hybridized carbons (Fsp3) is 0.200. The highest BCUT2D eigenvalue weighted by molar-refractivity contribution is 6.33. The van der Waals surface area contributed by atoms with Crippen molar-refractivity contribution >= 4 is 17.5 Å². The highest BCUT2D eigenvalue weighted by Gasteiger charge is 2.20. The fourth-order valence-electron chi connectivity index (χ4n) is 2.65. The van der Waals surface area contributed by atoms with Gasteiger partial charge in [0.1, 0.15) is 11.8 Å². The van der Waals surface area contributed by atoms with Crippen molar-refractivity contribution in [3.63, 3.8) is 0 Å². The number of halogens is 1. The molecule has 0 aliphatic heterocycles. The molecule has 0 saturated heterocycles.